The summed E-state index contributed by atoms with van der Waals surface area (Å²) in [6.07, 6.45) is 3.20. The fourth-order valence-electron chi connectivity index (χ4n) is 2.15. The summed E-state index contributed by atoms with van der Waals surface area (Å²) in [7, 11) is -4.02. The highest BCUT2D eigenvalue weighted by atomic mass is 32.2. The molecular formula is C14H21FN2O3S. The van der Waals surface area contributed by atoms with E-state index in [9.17, 15) is 17.6 Å². The average molecular weight is 316 g/mol. The van der Waals surface area contributed by atoms with Crippen LogP contribution in [0.4, 0.5) is 10.1 Å². The monoisotopic (exact) mass is 316 g/mol. The number of hydrogen-bond donors (Lipinski definition) is 2. The lowest BCUT2D eigenvalue weighted by atomic mass is 9.97. The first-order valence-corrected chi connectivity index (χ1v) is 8.46. The van der Waals surface area contributed by atoms with Gasteiger partial charge < -0.3 is 5.32 Å². The molecule has 0 radical (unpaired) electrons. The van der Waals surface area contributed by atoms with Crippen LogP contribution in [-0.2, 0) is 14.8 Å². The summed E-state index contributed by atoms with van der Waals surface area (Å²) in [5, 5.41) is 7.54. The predicted octanol–water partition coefficient (Wildman–Crippen LogP) is 2.63. The third-order valence-corrected chi connectivity index (χ3v) is 4.01. The number of rotatable bonds is 7. The van der Waals surface area contributed by atoms with Crippen molar-refractivity contribution in [1.29, 1.82) is 0 Å². The van der Waals surface area contributed by atoms with Gasteiger partial charge in [-0.2, -0.15) is 0 Å². The molecule has 0 aromatic heterocycles. The zero-order valence-corrected chi connectivity index (χ0v) is 13.0. The Kier molecular flexibility index (Phi) is 6.29. The van der Waals surface area contributed by atoms with E-state index in [2.05, 4.69) is 5.32 Å². The zero-order chi connectivity index (χ0) is 16.0. The summed E-state index contributed by atoms with van der Waals surface area (Å²) >= 11 is 0. The van der Waals surface area contributed by atoms with Gasteiger partial charge in [0.25, 0.3) is 0 Å². The van der Waals surface area contributed by atoms with Crippen LogP contribution in [0.15, 0.2) is 23.1 Å². The first-order valence-electron chi connectivity index (χ1n) is 6.92. The molecule has 1 rings (SSSR count). The van der Waals surface area contributed by atoms with Crippen LogP contribution >= 0.6 is 0 Å². The van der Waals surface area contributed by atoms with Gasteiger partial charge in [0.1, 0.15) is 5.82 Å². The molecule has 1 aromatic carbocycles. The summed E-state index contributed by atoms with van der Waals surface area (Å²) in [4.78, 5) is 11.8. The van der Waals surface area contributed by atoms with Gasteiger partial charge in [-0.15, -0.1) is 0 Å². The van der Waals surface area contributed by atoms with Crippen LogP contribution in [0, 0.1) is 11.7 Å². The van der Waals surface area contributed by atoms with Crippen molar-refractivity contribution in [1.82, 2.24) is 0 Å². The van der Waals surface area contributed by atoms with Gasteiger partial charge in [-0.1, -0.05) is 26.7 Å². The van der Waals surface area contributed by atoms with Crippen LogP contribution in [0.1, 0.15) is 39.5 Å². The SMILES string of the molecule is CCCC(CCC)C(=O)Nc1cc(F)cc(S(N)(=O)=O)c1. The number of amides is 1. The molecule has 0 heterocycles. The van der Waals surface area contributed by atoms with E-state index < -0.39 is 15.8 Å². The second-order valence-electron chi connectivity index (χ2n) is 4.98. The van der Waals surface area contributed by atoms with Crippen molar-refractivity contribution >= 4 is 21.6 Å². The molecule has 0 saturated carbocycles. The van der Waals surface area contributed by atoms with Crippen molar-refractivity contribution in [3.05, 3.63) is 24.0 Å². The Bertz CT molecular complexity index is 596. The van der Waals surface area contributed by atoms with Gasteiger partial charge in [0.2, 0.25) is 15.9 Å². The molecule has 0 saturated heterocycles. The number of benzene rings is 1. The molecule has 5 nitrogen and oxygen atoms in total. The maximum Gasteiger partial charge on any atom is 0.238 e. The van der Waals surface area contributed by atoms with Crippen LogP contribution in [0.25, 0.3) is 0 Å². The minimum absolute atomic E-state index is 0.0984. The molecule has 0 unspecified atom stereocenters. The van der Waals surface area contributed by atoms with Gasteiger partial charge in [-0.05, 0) is 31.0 Å². The van der Waals surface area contributed by atoms with E-state index in [0.717, 1.165) is 43.9 Å². The fraction of sp³-hybridized carbons (Fsp3) is 0.500. The van der Waals surface area contributed by atoms with Gasteiger partial charge in [0, 0.05) is 11.6 Å². The third-order valence-electron chi connectivity index (χ3n) is 3.11. The molecule has 0 fully saturated rings. The quantitative estimate of drug-likeness (QED) is 0.810. The van der Waals surface area contributed by atoms with Crippen molar-refractivity contribution in [3.8, 4) is 0 Å². The molecule has 0 aliphatic carbocycles. The van der Waals surface area contributed by atoms with Gasteiger partial charge in [0.15, 0.2) is 0 Å². The molecule has 21 heavy (non-hydrogen) atoms. The molecule has 1 amide bonds. The number of hydrogen-bond acceptors (Lipinski definition) is 3. The van der Waals surface area contributed by atoms with Gasteiger partial charge in [0.05, 0.1) is 4.90 Å². The highest BCUT2D eigenvalue weighted by molar-refractivity contribution is 7.89. The van der Waals surface area contributed by atoms with Crippen LogP contribution in [-0.4, -0.2) is 14.3 Å². The lowest BCUT2D eigenvalue weighted by Crippen LogP contribution is -2.23. The van der Waals surface area contributed by atoms with E-state index in [0.29, 0.717) is 0 Å². The minimum atomic E-state index is -4.02. The van der Waals surface area contributed by atoms with Crippen molar-refractivity contribution in [3.63, 3.8) is 0 Å². The number of carbonyl (C=O) groups is 1. The number of anilines is 1. The predicted molar refractivity (Wildman–Crippen MR) is 79.7 cm³/mol. The summed E-state index contributed by atoms with van der Waals surface area (Å²) in [5.41, 5.74) is 0.0984. The Hall–Kier alpha value is -1.47. The maximum absolute atomic E-state index is 13.4. The molecule has 118 valence electrons. The molecule has 0 atom stereocenters. The molecule has 0 spiro atoms. The summed E-state index contributed by atoms with van der Waals surface area (Å²) < 4.78 is 36.0. The van der Waals surface area contributed by atoms with Gasteiger partial charge in [-0.25, -0.2) is 17.9 Å². The summed E-state index contributed by atoms with van der Waals surface area (Å²) in [5.74, 6) is -1.16. The molecule has 1 aromatic rings. The lowest BCUT2D eigenvalue weighted by molar-refractivity contribution is -0.120. The lowest BCUT2D eigenvalue weighted by Gasteiger charge is -2.15. The number of sulfonamides is 1. The second kappa shape index (κ2) is 7.51. The first kappa shape index (κ1) is 17.6. The Labute approximate surface area is 124 Å². The first-order chi connectivity index (χ1) is 9.77. The Morgan fingerprint density at radius 2 is 1.81 bits per heavy atom. The van der Waals surface area contributed by atoms with Gasteiger partial charge in [-0.3, -0.25) is 4.79 Å². The molecule has 0 aliphatic heterocycles. The highest BCUT2D eigenvalue weighted by Gasteiger charge is 2.18. The number of nitrogens with one attached hydrogen (secondary N) is 1. The standard InChI is InChI=1S/C14H21FN2O3S/c1-3-5-10(6-4-2)14(18)17-12-7-11(15)8-13(9-12)21(16,19)20/h7-10H,3-6H2,1-2H3,(H,17,18)(H2,16,19,20). The van der Waals surface area contributed by atoms with Crippen molar-refractivity contribution in [2.75, 3.05) is 5.32 Å². The molecule has 7 heteroatoms. The molecule has 3 N–H and O–H groups in total. The van der Waals surface area contributed by atoms with E-state index in [1.807, 2.05) is 13.8 Å². The Morgan fingerprint density at radius 1 is 1.24 bits per heavy atom. The van der Waals surface area contributed by atoms with Crippen molar-refractivity contribution in [2.45, 2.75) is 44.4 Å². The topological polar surface area (TPSA) is 89.3 Å². The van der Waals surface area contributed by atoms with Crippen LogP contribution in [0.5, 0.6) is 0 Å². The van der Waals surface area contributed by atoms with Crippen molar-refractivity contribution < 1.29 is 17.6 Å². The fourth-order valence-corrected chi connectivity index (χ4v) is 2.72. The third kappa shape index (κ3) is 5.43. The maximum atomic E-state index is 13.4. The van der Waals surface area contributed by atoms with E-state index >= 15 is 0 Å². The van der Waals surface area contributed by atoms with Crippen LogP contribution < -0.4 is 10.5 Å². The van der Waals surface area contributed by atoms with Crippen molar-refractivity contribution in [2.24, 2.45) is 11.1 Å². The van der Waals surface area contributed by atoms with E-state index in [-0.39, 0.29) is 22.4 Å². The second-order valence-corrected chi connectivity index (χ2v) is 6.55. The smallest absolute Gasteiger partial charge is 0.238 e. The Morgan fingerprint density at radius 3 is 2.29 bits per heavy atom. The van der Waals surface area contributed by atoms with E-state index in [4.69, 9.17) is 5.14 Å². The summed E-state index contributed by atoms with van der Waals surface area (Å²) in [6, 6.07) is 3.05. The largest absolute Gasteiger partial charge is 0.326 e. The van der Waals surface area contributed by atoms with E-state index in [1.165, 1.54) is 0 Å². The number of primary sulfonamides is 1. The average Bonchev–Trinajstić information content (AvgIpc) is 2.36. The Balaban J connectivity index is 2.96. The number of carbonyl (C=O) groups excluding carboxylic acids is 1. The molecule has 0 aliphatic rings. The van der Waals surface area contributed by atoms with Crippen LogP contribution in [0.3, 0.4) is 0 Å². The molecule has 0 bridgehead atoms. The van der Waals surface area contributed by atoms with Crippen LogP contribution in [0.2, 0.25) is 0 Å². The zero-order valence-electron chi connectivity index (χ0n) is 12.2. The summed E-state index contributed by atoms with van der Waals surface area (Å²) in [6.45, 7) is 3.97. The number of halogens is 1. The van der Waals surface area contributed by atoms with Gasteiger partial charge >= 0.3 is 0 Å². The molecular weight excluding hydrogens is 295 g/mol. The van der Waals surface area contributed by atoms with E-state index in [1.54, 1.807) is 0 Å². The number of nitrogens with two attached hydrogens (primary N) is 1. The normalized spacial score (nSPS) is 11.7. The minimum Gasteiger partial charge on any atom is -0.326 e. The highest BCUT2D eigenvalue weighted by Crippen LogP contribution is 2.20.